The van der Waals surface area contributed by atoms with Gasteiger partial charge in [0.05, 0.1) is 12.2 Å². The number of aliphatic imine (C=N–C) groups is 1. The summed E-state index contributed by atoms with van der Waals surface area (Å²) in [6.07, 6.45) is 1.73. The summed E-state index contributed by atoms with van der Waals surface area (Å²) in [5.74, 6) is 1.86. The average molecular weight is 275 g/mol. The molecule has 0 saturated heterocycles. The first kappa shape index (κ1) is 12.4. The third kappa shape index (κ3) is 1.96. The van der Waals surface area contributed by atoms with Crippen LogP contribution in [0.3, 0.4) is 0 Å². The monoisotopic (exact) mass is 274 g/mol. The van der Waals surface area contributed by atoms with Crippen molar-refractivity contribution in [3.63, 3.8) is 0 Å². The fraction of sp³-hybridized carbons (Fsp3) is 0.357. The van der Waals surface area contributed by atoms with Gasteiger partial charge in [-0.3, -0.25) is 9.56 Å². The van der Waals surface area contributed by atoms with E-state index < -0.39 is 0 Å². The summed E-state index contributed by atoms with van der Waals surface area (Å²) in [6, 6.07) is 5.91. The Labute approximate surface area is 117 Å². The Balaban J connectivity index is 2.31. The SMILES string of the molecule is CCC1=NCc2nnc(CC)n2-c2ccc(Cl)cc21. The van der Waals surface area contributed by atoms with Crippen LogP contribution < -0.4 is 0 Å². The number of hydrogen-bond donors (Lipinski definition) is 0. The maximum atomic E-state index is 6.13. The minimum absolute atomic E-state index is 0.572. The van der Waals surface area contributed by atoms with E-state index in [0.717, 1.165) is 46.5 Å². The van der Waals surface area contributed by atoms with E-state index >= 15 is 0 Å². The Morgan fingerprint density at radius 2 is 2.05 bits per heavy atom. The molecule has 1 aromatic heterocycles. The van der Waals surface area contributed by atoms with E-state index in [1.165, 1.54) is 0 Å². The lowest BCUT2D eigenvalue weighted by atomic mass is 10.1. The average Bonchev–Trinajstić information content (AvgIpc) is 2.76. The second kappa shape index (κ2) is 4.78. The largest absolute Gasteiger partial charge is 0.281 e. The van der Waals surface area contributed by atoms with E-state index in [4.69, 9.17) is 11.6 Å². The van der Waals surface area contributed by atoms with Gasteiger partial charge in [0.25, 0.3) is 0 Å². The number of fused-ring (bicyclic) bond motifs is 3. The molecule has 0 unspecified atom stereocenters. The van der Waals surface area contributed by atoms with Crippen LogP contribution in [-0.4, -0.2) is 20.5 Å². The molecule has 0 saturated carbocycles. The molecule has 1 aliphatic heterocycles. The van der Waals surface area contributed by atoms with Crippen LogP contribution in [0.25, 0.3) is 5.69 Å². The van der Waals surface area contributed by atoms with Crippen molar-refractivity contribution >= 4 is 17.3 Å². The van der Waals surface area contributed by atoms with Gasteiger partial charge < -0.3 is 0 Å². The van der Waals surface area contributed by atoms with E-state index in [1.54, 1.807) is 0 Å². The molecule has 2 aromatic rings. The lowest BCUT2D eigenvalue weighted by molar-refractivity contribution is 0.839. The van der Waals surface area contributed by atoms with E-state index in [0.29, 0.717) is 6.54 Å². The van der Waals surface area contributed by atoms with E-state index in [9.17, 15) is 0 Å². The zero-order valence-electron chi connectivity index (χ0n) is 11.0. The van der Waals surface area contributed by atoms with Crippen LogP contribution in [0.2, 0.25) is 5.02 Å². The van der Waals surface area contributed by atoms with Gasteiger partial charge in [0.2, 0.25) is 0 Å². The first-order valence-electron chi connectivity index (χ1n) is 6.51. The first-order chi connectivity index (χ1) is 9.24. The summed E-state index contributed by atoms with van der Waals surface area (Å²) in [5.41, 5.74) is 3.24. The number of aryl methyl sites for hydroxylation is 1. The van der Waals surface area contributed by atoms with Crippen LogP contribution in [0.1, 0.15) is 37.5 Å². The molecule has 4 nitrogen and oxygen atoms in total. The zero-order valence-corrected chi connectivity index (χ0v) is 11.8. The number of hydrogen-bond acceptors (Lipinski definition) is 3. The van der Waals surface area contributed by atoms with Crippen LogP contribution in [0, 0.1) is 0 Å². The fourth-order valence-electron chi connectivity index (χ4n) is 2.45. The predicted octanol–water partition coefficient (Wildman–Crippen LogP) is 3.20. The Bertz CT molecular complexity index is 657. The van der Waals surface area contributed by atoms with Crippen molar-refractivity contribution < 1.29 is 0 Å². The van der Waals surface area contributed by atoms with Gasteiger partial charge in [0.15, 0.2) is 5.82 Å². The second-order valence-corrected chi connectivity index (χ2v) is 4.94. The summed E-state index contributed by atoms with van der Waals surface area (Å²) in [6.45, 7) is 4.76. The number of nitrogens with zero attached hydrogens (tertiary/aromatic N) is 4. The topological polar surface area (TPSA) is 43.1 Å². The molecule has 0 bridgehead atoms. The Morgan fingerprint density at radius 3 is 2.79 bits per heavy atom. The van der Waals surface area contributed by atoms with Crippen molar-refractivity contribution in [2.75, 3.05) is 0 Å². The molecule has 98 valence electrons. The van der Waals surface area contributed by atoms with E-state index in [2.05, 4.69) is 33.6 Å². The van der Waals surface area contributed by atoms with Gasteiger partial charge in [-0.25, -0.2) is 0 Å². The molecule has 0 spiro atoms. The van der Waals surface area contributed by atoms with Crippen LogP contribution in [-0.2, 0) is 13.0 Å². The van der Waals surface area contributed by atoms with Crippen LogP contribution in [0.15, 0.2) is 23.2 Å². The van der Waals surface area contributed by atoms with Crippen LogP contribution in [0.4, 0.5) is 0 Å². The van der Waals surface area contributed by atoms with Crippen molar-refractivity contribution in [1.29, 1.82) is 0 Å². The van der Waals surface area contributed by atoms with Gasteiger partial charge in [-0.05, 0) is 24.6 Å². The molecule has 0 N–H and O–H groups in total. The summed E-state index contributed by atoms with van der Waals surface area (Å²) >= 11 is 6.13. The standard InChI is InChI=1S/C14H15ClN4/c1-3-11-10-7-9(15)5-6-12(10)19-13(4-2)17-18-14(19)8-16-11/h5-7H,3-4,8H2,1-2H3. The third-order valence-corrected chi connectivity index (χ3v) is 3.61. The molecule has 0 atom stereocenters. The van der Waals surface area contributed by atoms with Crippen molar-refractivity contribution in [2.24, 2.45) is 4.99 Å². The van der Waals surface area contributed by atoms with Gasteiger partial charge in [-0.1, -0.05) is 25.4 Å². The fourth-order valence-corrected chi connectivity index (χ4v) is 2.62. The quantitative estimate of drug-likeness (QED) is 0.844. The number of benzene rings is 1. The molecule has 19 heavy (non-hydrogen) atoms. The molecule has 0 radical (unpaired) electrons. The molecule has 3 rings (SSSR count). The molecule has 0 fully saturated rings. The second-order valence-electron chi connectivity index (χ2n) is 4.50. The van der Waals surface area contributed by atoms with Gasteiger partial charge in [0.1, 0.15) is 5.82 Å². The number of halogens is 1. The third-order valence-electron chi connectivity index (χ3n) is 3.37. The number of rotatable bonds is 2. The molecule has 1 aromatic carbocycles. The highest BCUT2D eigenvalue weighted by atomic mass is 35.5. The summed E-state index contributed by atoms with van der Waals surface area (Å²) in [5, 5.41) is 9.22. The molecular formula is C14H15ClN4. The van der Waals surface area contributed by atoms with Crippen molar-refractivity contribution in [3.05, 3.63) is 40.4 Å². The van der Waals surface area contributed by atoms with Crippen LogP contribution >= 0.6 is 11.6 Å². The zero-order chi connectivity index (χ0) is 13.4. The van der Waals surface area contributed by atoms with E-state index in [1.807, 2.05) is 18.2 Å². The molecule has 1 aliphatic rings. The molecule has 0 aliphatic carbocycles. The smallest absolute Gasteiger partial charge is 0.159 e. The summed E-state index contributed by atoms with van der Waals surface area (Å²) < 4.78 is 2.11. The lowest BCUT2D eigenvalue weighted by Crippen LogP contribution is -2.07. The highest BCUT2D eigenvalue weighted by Crippen LogP contribution is 2.26. The van der Waals surface area contributed by atoms with Gasteiger partial charge in [-0.2, -0.15) is 0 Å². The van der Waals surface area contributed by atoms with Crippen LogP contribution in [0.5, 0.6) is 0 Å². The van der Waals surface area contributed by atoms with Crippen molar-refractivity contribution in [1.82, 2.24) is 14.8 Å². The predicted molar refractivity (Wildman–Crippen MR) is 76.3 cm³/mol. The van der Waals surface area contributed by atoms with Gasteiger partial charge >= 0.3 is 0 Å². The van der Waals surface area contributed by atoms with Gasteiger partial charge in [0, 0.05) is 22.7 Å². The summed E-state index contributed by atoms with van der Waals surface area (Å²) in [7, 11) is 0. The normalized spacial score (nSPS) is 13.5. The van der Waals surface area contributed by atoms with Crippen molar-refractivity contribution in [2.45, 2.75) is 33.2 Å². The summed E-state index contributed by atoms with van der Waals surface area (Å²) in [4.78, 5) is 4.65. The molecule has 5 heteroatoms. The molecular weight excluding hydrogens is 260 g/mol. The highest BCUT2D eigenvalue weighted by Gasteiger charge is 2.20. The van der Waals surface area contributed by atoms with Gasteiger partial charge in [-0.15, -0.1) is 10.2 Å². The first-order valence-corrected chi connectivity index (χ1v) is 6.89. The maximum Gasteiger partial charge on any atom is 0.159 e. The minimum atomic E-state index is 0.572. The highest BCUT2D eigenvalue weighted by molar-refractivity contribution is 6.31. The minimum Gasteiger partial charge on any atom is -0.281 e. The Morgan fingerprint density at radius 1 is 1.21 bits per heavy atom. The lowest BCUT2D eigenvalue weighted by Gasteiger charge is -2.12. The van der Waals surface area contributed by atoms with Crippen molar-refractivity contribution in [3.8, 4) is 5.69 Å². The maximum absolute atomic E-state index is 6.13. The Kier molecular flexibility index (Phi) is 3.11. The Hall–Kier alpha value is -1.68. The number of aromatic nitrogens is 3. The molecule has 0 amide bonds. The van der Waals surface area contributed by atoms with E-state index in [-0.39, 0.29) is 0 Å². The molecule has 2 heterocycles.